The smallest absolute Gasteiger partial charge is 0.308 e. The van der Waals surface area contributed by atoms with Gasteiger partial charge in [-0.25, -0.2) is 0 Å². The number of hydrogen-bond donors (Lipinski definition) is 2. The molecule has 2 aliphatic rings. The van der Waals surface area contributed by atoms with Gasteiger partial charge >= 0.3 is 5.97 Å². The second-order valence-electron chi connectivity index (χ2n) is 7.47. The third-order valence-electron chi connectivity index (χ3n) is 5.61. The van der Waals surface area contributed by atoms with Gasteiger partial charge in [0.15, 0.2) is 5.96 Å². The molecule has 6 heteroatoms. The average Bonchev–Trinajstić information content (AvgIpc) is 3.41. The lowest BCUT2D eigenvalue weighted by Gasteiger charge is -2.29. The number of aryl methyl sites for hydroxylation is 1. The molecule has 2 atom stereocenters. The minimum absolute atomic E-state index is 0. The molecule has 2 aliphatic carbocycles. The summed E-state index contributed by atoms with van der Waals surface area (Å²) in [6.07, 6.45) is 4.90. The van der Waals surface area contributed by atoms with Gasteiger partial charge in [0.05, 0.1) is 12.5 Å². The molecule has 2 N–H and O–H groups in total. The fraction of sp³-hybridized carbons (Fsp3) is 0.619. The fourth-order valence-corrected chi connectivity index (χ4v) is 3.97. The Balaban J connectivity index is 0.00000261. The van der Waals surface area contributed by atoms with Gasteiger partial charge in [-0.1, -0.05) is 24.3 Å². The van der Waals surface area contributed by atoms with Crippen LogP contribution in [0.5, 0.6) is 0 Å². The first kappa shape index (κ1) is 22.0. The number of carbonyl (C=O) groups is 1. The van der Waals surface area contributed by atoms with E-state index in [1.807, 2.05) is 14.0 Å². The standard InChI is InChI=1S/C21H31N3O2.HI/c1-4-26-20(25)15-9-11-16(12-10-15)23-21(22-3)24-19-13-18(19)17-8-6-5-7-14(17)2;/h5-8,15-16,18-19H,4,9-13H2,1-3H3,(H2,22,23,24);1H. The number of nitrogens with zero attached hydrogens (tertiary/aromatic N) is 1. The van der Waals surface area contributed by atoms with E-state index in [4.69, 9.17) is 4.74 Å². The Morgan fingerprint density at radius 3 is 2.52 bits per heavy atom. The van der Waals surface area contributed by atoms with Crippen LogP contribution in [0.25, 0.3) is 0 Å². The second kappa shape index (κ2) is 10.3. The summed E-state index contributed by atoms with van der Waals surface area (Å²) < 4.78 is 5.15. The summed E-state index contributed by atoms with van der Waals surface area (Å²) in [7, 11) is 1.82. The largest absolute Gasteiger partial charge is 0.466 e. The van der Waals surface area contributed by atoms with Crippen molar-refractivity contribution in [1.82, 2.24) is 10.6 Å². The first-order valence-electron chi connectivity index (χ1n) is 9.84. The van der Waals surface area contributed by atoms with E-state index in [1.165, 1.54) is 11.1 Å². The summed E-state index contributed by atoms with van der Waals surface area (Å²) in [5.74, 6) is 1.49. The van der Waals surface area contributed by atoms with Gasteiger partial charge in [-0.05, 0) is 57.1 Å². The molecular formula is C21H32IN3O2. The summed E-state index contributed by atoms with van der Waals surface area (Å²) in [6, 6.07) is 9.46. The maximum atomic E-state index is 11.9. The highest BCUT2D eigenvalue weighted by Gasteiger charge is 2.40. The van der Waals surface area contributed by atoms with Crippen molar-refractivity contribution in [3.63, 3.8) is 0 Å². The number of esters is 1. The third-order valence-corrected chi connectivity index (χ3v) is 5.61. The van der Waals surface area contributed by atoms with E-state index >= 15 is 0 Å². The van der Waals surface area contributed by atoms with Gasteiger partial charge in [0.1, 0.15) is 0 Å². The van der Waals surface area contributed by atoms with Gasteiger partial charge in [-0.3, -0.25) is 9.79 Å². The van der Waals surface area contributed by atoms with Crippen molar-refractivity contribution in [2.75, 3.05) is 13.7 Å². The summed E-state index contributed by atoms with van der Waals surface area (Å²) in [5.41, 5.74) is 2.80. The minimum atomic E-state index is -0.0347. The van der Waals surface area contributed by atoms with E-state index in [9.17, 15) is 4.79 Å². The van der Waals surface area contributed by atoms with Gasteiger partial charge < -0.3 is 15.4 Å². The summed E-state index contributed by atoms with van der Waals surface area (Å²) >= 11 is 0. The number of ether oxygens (including phenoxy) is 1. The number of rotatable bonds is 5. The molecule has 150 valence electrons. The first-order valence-corrected chi connectivity index (χ1v) is 9.84. The zero-order valence-corrected chi connectivity index (χ0v) is 18.9. The number of guanidine groups is 1. The normalized spacial score (nSPS) is 27.3. The summed E-state index contributed by atoms with van der Waals surface area (Å²) in [4.78, 5) is 16.3. The molecule has 2 saturated carbocycles. The van der Waals surface area contributed by atoms with Crippen LogP contribution in [0, 0.1) is 12.8 Å². The van der Waals surface area contributed by atoms with Crippen molar-refractivity contribution in [2.45, 2.75) is 64.0 Å². The molecule has 2 fully saturated rings. The van der Waals surface area contributed by atoms with E-state index in [2.05, 4.69) is 46.8 Å². The molecule has 27 heavy (non-hydrogen) atoms. The van der Waals surface area contributed by atoms with Crippen LogP contribution in [0.3, 0.4) is 0 Å². The highest BCUT2D eigenvalue weighted by atomic mass is 127. The van der Waals surface area contributed by atoms with Gasteiger partial charge in [0.25, 0.3) is 0 Å². The van der Waals surface area contributed by atoms with E-state index in [-0.39, 0.29) is 35.9 Å². The second-order valence-corrected chi connectivity index (χ2v) is 7.47. The summed E-state index contributed by atoms with van der Waals surface area (Å²) in [6.45, 7) is 4.51. The average molecular weight is 485 g/mol. The summed E-state index contributed by atoms with van der Waals surface area (Å²) in [5, 5.41) is 7.11. The quantitative estimate of drug-likeness (QED) is 0.289. The van der Waals surface area contributed by atoms with Gasteiger partial charge in [0.2, 0.25) is 0 Å². The third kappa shape index (κ3) is 5.83. The molecule has 0 saturated heterocycles. The molecule has 0 aromatic heterocycles. The zero-order chi connectivity index (χ0) is 18.5. The molecule has 2 unspecified atom stereocenters. The number of hydrogen-bond acceptors (Lipinski definition) is 3. The van der Waals surface area contributed by atoms with E-state index in [1.54, 1.807) is 0 Å². The van der Waals surface area contributed by atoms with Crippen molar-refractivity contribution >= 4 is 35.9 Å². The molecule has 0 bridgehead atoms. The Bertz CT molecular complexity index is 657. The molecule has 0 spiro atoms. The van der Waals surface area contributed by atoms with Gasteiger partial charge in [0, 0.05) is 25.0 Å². The van der Waals surface area contributed by atoms with Crippen molar-refractivity contribution in [3.05, 3.63) is 35.4 Å². The van der Waals surface area contributed by atoms with Crippen molar-refractivity contribution in [1.29, 1.82) is 0 Å². The molecule has 3 rings (SSSR count). The number of aliphatic imine (C=N–C) groups is 1. The Labute approximate surface area is 179 Å². The Morgan fingerprint density at radius 2 is 1.89 bits per heavy atom. The molecule has 0 aliphatic heterocycles. The van der Waals surface area contributed by atoms with Crippen LogP contribution >= 0.6 is 24.0 Å². The molecule has 1 aromatic carbocycles. The molecule has 0 radical (unpaired) electrons. The first-order chi connectivity index (χ1) is 12.6. The maximum Gasteiger partial charge on any atom is 0.308 e. The van der Waals surface area contributed by atoms with Crippen LogP contribution in [-0.2, 0) is 9.53 Å². The van der Waals surface area contributed by atoms with Crippen LogP contribution in [0.15, 0.2) is 29.3 Å². The lowest BCUT2D eigenvalue weighted by Crippen LogP contribution is -2.46. The van der Waals surface area contributed by atoms with Gasteiger partial charge in [-0.15, -0.1) is 24.0 Å². The van der Waals surface area contributed by atoms with Crippen LogP contribution in [0.1, 0.15) is 56.1 Å². The van der Waals surface area contributed by atoms with Crippen LogP contribution in [0.4, 0.5) is 0 Å². The topological polar surface area (TPSA) is 62.7 Å². The predicted octanol–water partition coefficient (Wildman–Crippen LogP) is 3.76. The van der Waals surface area contributed by atoms with Crippen molar-refractivity contribution in [2.24, 2.45) is 10.9 Å². The maximum absolute atomic E-state index is 11.9. The van der Waals surface area contributed by atoms with E-state index in [0.29, 0.717) is 24.6 Å². The monoisotopic (exact) mass is 485 g/mol. The predicted molar refractivity (Wildman–Crippen MR) is 120 cm³/mol. The van der Waals surface area contributed by atoms with E-state index in [0.717, 1.165) is 38.1 Å². The molecular weight excluding hydrogens is 453 g/mol. The lowest BCUT2D eigenvalue weighted by atomic mass is 9.86. The molecule has 5 nitrogen and oxygen atoms in total. The minimum Gasteiger partial charge on any atom is -0.466 e. The lowest BCUT2D eigenvalue weighted by molar-refractivity contribution is -0.149. The Morgan fingerprint density at radius 1 is 1.19 bits per heavy atom. The van der Waals surface area contributed by atoms with Crippen molar-refractivity contribution < 1.29 is 9.53 Å². The van der Waals surface area contributed by atoms with Crippen LogP contribution in [-0.4, -0.2) is 37.7 Å². The molecule has 0 heterocycles. The van der Waals surface area contributed by atoms with Gasteiger partial charge in [-0.2, -0.15) is 0 Å². The number of carbonyl (C=O) groups excluding carboxylic acids is 1. The molecule has 1 aromatic rings. The van der Waals surface area contributed by atoms with Crippen LogP contribution in [0.2, 0.25) is 0 Å². The Kier molecular flexibility index (Phi) is 8.38. The van der Waals surface area contributed by atoms with Crippen molar-refractivity contribution in [3.8, 4) is 0 Å². The number of halogens is 1. The van der Waals surface area contributed by atoms with Crippen LogP contribution < -0.4 is 10.6 Å². The number of nitrogens with one attached hydrogen (secondary N) is 2. The van der Waals surface area contributed by atoms with E-state index < -0.39 is 0 Å². The zero-order valence-electron chi connectivity index (χ0n) is 16.5. The number of benzene rings is 1. The molecule has 0 amide bonds. The fourth-order valence-electron chi connectivity index (χ4n) is 3.97. The SMILES string of the molecule is CCOC(=O)C1CCC(NC(=NC)NC2CC2c2ccccc2C)CC1.I. The highest BCUT2D eigenvalue weighted by Crippen LogP contribution is 2.42. The highest BCUT2D eigenvalue weighted by molar-refractivity contribution is 14.0. The Hall–Kier alpha value is -1.31.